The number of benzene rings is 3. The lowest BCUT2D eigenvalue weighted by Crippen LogP contribution is -2.51. The molecule has 2 N–H and O–H groups in total. The standard InChI is InChI=1S/C31H33FN6O/c1-36-11-10-19-14-38(17-27(19)36)31-34-29-25(30(35-31)37-15-20-6-7-21(16-37)33-20)9-8-24(28(29)32)26-13-22(39)12-18-4-2-3-5-23(18)26/h2-5,8-9,12-13,19-21,27,33,39H,6-7,10-11,14-17H2,1H3/t19?,20-,21+,27?. The molecule has 4 atom stereocenters. The molecular weight excluding hydrogens is 491 g/mol. The number of phenolic OH excluding ortho intramolecular Hbond substituents is 1. The second-order valence-electron chi connectivity index (χ2n) is 11.9. The number of nitrogens with one attached hydrogen (secondary N) is 1. The second-order valence-corrected chi connectivity index (χ2v) is 11.9. The molecule has 0 spiro atoms. The van der Waals surface area contributed by atoms with Crippen LogP contribution in [-0.4, -0.2) is 77.9 Å². The van der Waals surface area contributed by atoms with Crippen LogP contribution < -0.4 is 15.1 Å². The first-order chi connectivity index (χ1) is 19.0. The summed E-state index contributed by atoms with van der Waals surface area (Å²) in [5.74, 6) is 1.83. The number of fused-ring (bicyclic) bond motifs is 5. The van der Waals surface area contributed by atoms with Crippen molar-refractivity contribution in [2.24, 2.45) is 5.92 Å². The molecule has 0 amide bonds. The molecule has 0 radical (unpaired) electrons. The number of halogens is 1. The van der Waals surface area contributed by atoms with Crippen LogP contribution in [0.4, 0.5) is 16.2 Å². The highest BCUT2D eigenvalue weighted by molar-refractivity contribution is 6.01. The Morgan fingerprint density at radius 1 is 0.872 bits per heavy atom. The zero-order valence-electron chi connectivity index (χ0n) is 22.1. The Balaban J connectivity index is 1.30. The molecular formula is C31H33FN6O. The van der Waals surface area contributed by atoms with Crippen LogP contribution in [0, 0.1) is 11.7 Å². The number of aromatic nitrogens is 2. The zero-order chi connectivity index (χ0) is 26.2. The van der Waals surface area contributed by atoms with Gasteiger partial charge in [-0.05, 0) is 73.3 Å². The highest BCUT2D eigenvalue weighted by atomic mass is 19.1. The number of anilines is 2. The van der Waals surface area contributed by atoms with Crippen LogP contribution in [0.1, 0.15) is 19.3 Å². The fraction of sp³-hybridized carbons (Fsp3) is 0.419. The lowest BCUT2D eigenvalue weighted by molar-refractivity contribution is 0.310. The molecule has 4 saturated heterocycles. The van der Waals surface area contributed by atoms with Gasteiger partial charge in [0.15, 0.2) is 5.82 Å². The molecule has 7 nitrogen and oxygen atoms in total. The van der Waals surface area contributed by atoms with Crippen LogP contribution in [0.2, 0.25) is 0 Å². The molecule has 3 aromatic carbocycles. The van der Waals surface area contributed by atoms with E-state index in [-0.39, 0.29) is 11.6 Å². The maximum absolute atomic E-state index is 16.7. The summed E-state index contributed by atoms with van der Waals surface area (Å²) in [5.41, 5.74) is 1.48. The van der Waals surface area contributed by atoms with Crippen molar-refractivity contribution in [2.75, 3.05) is 49.6 Å². The first-order valence-electron chi connectivity index (χ1n) is 14.2. The quantitative estimate of drug-likeness (QED) is 0.412. The summed E-state index contributed by atoms with van der Waals surface area (Å²) >= 11 is 0. The van der Waals surface area contributed by atoms with Crippen molar-refractivity contribution >= 4 is 33.4 Å². The second kappa shape index (κ2) is 8.76. The lowest BCUT2D eigenvalue weighted by Gasteiger charge is -2.35. The number of piperazine rings is 1. The zero-order valence-corrected chi connectivity index (χ0v) is 22.1. The predicted octanol–water partition coefficient (Wildman–Crippen LogP) is 4.38. The van der Waals surface area contributed by atoms with E-state index in [1.54, 1.807) is 12.1 Å². The van der Waals surface area contributed by atoms with Gasteiger partial charge in [0, 0.05) is 55.3 Å². The predicted molar refractivity (Wildman–Crippen MR) is 153 cm³/mol. The van der Waals surface area contributed by atoms with Crippen LogP contribution in [-0.2, 0) is 0 Å². The van der Waals surface area contributed by atoms with E-state index in [0.717, 1.165) is 54.7 Å². The third-order valence-electron chi connectivity index (χ3n) is 9.54. The smallest absolute Gasteiger partial charge is 0.228 e. The van der Waals surface area contributed by atoms with Gasteiger partial charge in [-0.3, -0.25) is 0 Å². The van der Waals surface area contributed by atoms with E-state index in [1.807, 2.05) is 36.4 Å². The van der Waals surface area contributed by atoms with Crippen LogP contribution in [0.3, 0.4) is 0 Å². The Kier molecular flexibility index (Phi) is 5.26. The van der Waals surface area contributed by atoms with Gasteiger partial charge in [-0.2, -0.15) is 4.98 Å². The molecule has 8 heteroatoms. The van der Waals surface area contributed by atoms with E-state index in [2.05, 4.69) is 27.1 Å². The minimum atomic E-state index is -0.359. The number of likely N-dealkylation sites (N-methyl/N-ethyl adjacent to an activating group) is 1. The monoisotopic (exact) mass is 524 g/mol. The summed E-state index contributed by atoms with van der Waals surface area (Å²) < 4.78 is 16.7. The minimum absolute atomic E-state index is 0.122. The van der Waals surface area contributed by atoms with Crippen LogP contribution in [0.25, 0.3) is 32.8 Å². The van der Waals surface area contributed by atoms with Crippen molar-refractivity contribution in [1.29, 1.82) is 0 Å². The molecule has 4 aromatic rings. The Morgan fingerprint density at radius 3 is 2.51 bits per heavy atom. The Morgan fingerprint density at radius 2 is 1.69 bits per heavy atom. The summed E-state index contributed by atoms with van der Waals surface area (Å²) in [4.78, 5) is 17.1. The first-order valence-corrected chi connectivity index (χ1v) is 14.2. The number of phenols is 1. The number of likely N-dealkylation sites (tertiary alicyclic amines) is 1. The van der Waals surface area contributed by atoms with Gasteiger partial charge in [-0.25, -0.2) is 9.37 Å². The van der Waals surface area contributed by atoms with Gasteiger partial charge in [0.2, 0.25) is 5.95 Å². The molecule has 39 heavy (non-hydrogen) atoms. The summed E-state index contributed by atoms with van der Waals surface area (Å²) in [6.07, 6.45) is 3.52. The van der Waals surface area contributed by atoms with Gasteiger partial charge < -0.3 is 25.1 Å². The molecule has 4 aliphatic heterocycles. The maximum atomic E-state index is 16.7. The average molecular weight is 525 g/mol. The molecule has 2 bridgehead atoms. The third kappa shape index (κ3) is 3.76. The van der Waals surface area contributed by atoms with Crippen molar-refractivity contribution in [3.8, 4) is 16.9 Å². The fourth-order valence-corrected chi connectivity index (χ4v) is 7.55. The molecule has 1 aromatic heterocycles. The van der Waals surface area contributed by atoms with Crippen LogP contribution >= 0.6 is 0 Å². The van der Waals surface area contributed by atoms with Crippen molar-refractivity contribution < 1.29 is 9.50 Å². The third-order valence-corrected chi connectivity index (χ3v) is 9.54. The molecule has 5 heterocycles. The highest BCUT2D eigenvalue weighted by Gasteiger charge is 2.41. The number of nitrogens with zero attached hydrogens (tertiary/aromatic N) is 5. The van der Waals surface area contributed by atoms with Gasteiger partial charge in [-0.15, -0.1) is 0 Å². The molecule has 4 aliphatic rings. The molecule has 8 rings (SSSR count). The topological polar surface area (TPSA) is 67.8 Å². The number of hydrogen-bond acceptors (Lipinski definition) is 7. The summed E-state index contributed by atoms with van der Waals surface area (Å²) in [6.45, 7) is 4.66. The largest absolute Gasteiger partial charge is 0.508 e. The first kappa shape index (κ1) is 23.4. The van der Waals surface area contributed by atoms with E-state index >= 15 is 4.39 Å². The van der Waals surface area contributed by atoms with Crippen LogP contribution in [0.5, 0.6) is 5.75 Å². The van der Waals surface area contributed by atoms with Gasteiger partial charge >= 0.3 is 0 Å². The van der Waals surface area contributed by atoms with Crippen molar-refractivity contribution in [1.82, 2.24) is 20.2 Å². The molecule has 2 unspecified atom stereocenters. The molecule has 200 valence electrons. The van der Waals surface area contributed by atoms with Crippen molar-refractivity contribution in [3.63, 3.8) is 0 Å². The van der Waals surface area contributed by atoms with E-state index in [1.165, 1.54) is 19.3 Å². The normalized spacial score (nSPS) is 26.7. The lowest BCUT2D eigenvalue weighted by atomic mass is 9.96. The van der Waals surface area contributed by atoms with Crippen molar-refractivity contribution in [2.45, 2.75) is 37.4 Å². The van der Waals surface area contributed by atoms with Gasteiger partial charge in [0.05, 0.1) is 0 Å². The van der Waals surface area contributed by atoms with Gasteiger partial charge in [0.25, 0.3) is 0 Å². The van der Waals surface area contributed by atoms with E-state index in [9.17, 15) is 5.11 Å². The maximum Gasteiger partial charge on any atom is 0.228 e. The number of rotatable bonds is 3. The summed E-state index contributed by atoms with van der Waals surface area (Å²) in [5, 5.41) is 16.7. The SMILES string of the molecule is CN1CCC2CN(c3nc(N4C[C@H]5CC[C@@H](C4)N5)c4ccc(-c5cc(O)cc6ccccc56)c(F)c4n3)CC21. The van der Waals surface area contributed by atoms with E-state index < -0.39 is 0 Å². The Bertz CT molecular complexity index is 1600. The fourth-order valence-electron chi connectivity index (χ4n) is 7.55. The van der Waals surface area contributed by atoms with E-state index in [0.29, 0.717) is 46.6 Å². The molecule has 4 fully saturated rings. The molecule has 0 aliphatic carbocycles. The summed E-state index contributed by atoms with van der Waals surface area (Å²) in [7, 11) is 2.20. The summed E-state index contributed by atoms with van der Waals surface area (Å²) in [6, 6.07) is 16.3. The average Bonchev–Trinajstić information content (AvgIpc) is 3.63. The molecule has 0 saturated carbocycles. The minimum Gasteiger partial charge on any atom is -0.508 e. The Hall–Kier alpha value is -3.49. The van der Waals surface area contributed by atoms with Crippen LogP contribution in [0.15, 0.2) is 48.5 Å². The van der Waals surface area contributed by atoms with Gasteiger partial charge in [0.1, 0.15) is 17.1 Å². The van der Waals surface area contributed by atoms with E-state index in [4.69, 9.17) is 9.97 Å². The Labute approximate surface area is 227 Å². The van der Waals surface area contributed by atoms with Crippen molar-refractivity contribution in [3.05, 3.63) is 54.3 Å². The number of aromatic hydroxyl groups is 1. The number of hydrogen-bond donors (Lipinski definition) is 2. The van der Waals surface area contributed by atoms with Gasteiger partial charge in [-0.1, -0.05) is 30.3 Å². The highest BCUT2D eigenvalue weighted by Crippen LogP contribution is 2.40.